The first kappa shape index (κ1) is 21.4. The third-order valence-corrected chi connectivity index (χ3v) is 4.35. The highest BCUT2D eigenvalue weighted by molar-refractivity contribution is 5.97. The molecule has 2 N–H and O–H groups in total. The first-order valence-electron chi connectivity index (χ1n) is 9.39. The standard InChI is InChI=1S/C22H27FN2O3/c1-5-24-22(27)18-8-6-7-15(4)21(18)28-13-19(26)25-20(14(2)3)16-9-11-17(23)12-10-16/h6-12,14,20H,5,13H2,1-4H3,(H,24,27)(H,25,26). The molecule has 0 spiro atoms. The molecule has 0 saturated heterocycles. The van der Waals surface area contributed by atoms with Crippen molar-refractivity contribution in [1.29, 1.82) is 0 Å². The maximum absolute atomic E-state index is 13.2. The Hall–Kier alpha value is -2.89. The second-order valence-corrected chi connectivity index (χ2v) is 6.94. The monoisotopic (exact) mass is 386 g/mol. The number of halogens is 1. The number of nitrogens with one attached hydrogen (secondary N) is 2. The Bertz CT molecular complexity index is 819. The van der Waals surface area contributed by atoms with Gasteiger partial charge in [-0.2, -0.15) is 0 Å². The number of benzene rings is 2. The molecule has 0 aromatic heterocycles. The van der Waals surface area contributed by atoms with E-state index in [0.29, 0.717) is 17.9 Å². The van der Waals surface area contributed by atoms with E-state index >= 15 is 0 Å². The van der Waals surface area contributed by atoms with E-state index in [1.54, 1.807) is 24.3 Å². The molecule has 2 aromatic carbocycles. The normalized spacial score (nSPS) is 11.8. The summed E-state index contributed by atoms with van der Waals surface area (Å²) in [5.74, 6) is -0.371. The summed E-state index contributed by atoms with van der Waals surface area (Å²) in [5, 5.41) is 5.67. The maximum atomic E-state index is 13.2. The van der Waals surface area contributed by atoms with Gasteiger partial charge in [0.15, 0.2) is 6.61 Å². The quantitative estimate of drug-likeness (QED) is 0.726. The second-order valence-electron chi connectivity index (χ2n) is 6.94. The molecule has 150 valence electrons. The Morgan fingerprint density at radius 3 is 2.39 bits per heavy atom. The zero-order valence-electron chi connectivity index (χ0n) is 16.7. The molecule has 1 unspecified atom stereocenters. The highest BCUT2D eigenvalue weighted by Crippen LogP contribution is 2.24. The Kier molecular flexibility index (Phi) is 7.55. The molecule has 0 bridgehead atoms. The summed E-state index contributed by atoms with van der Waals surface area (Å²) in [6, 6.07) is 11.1. The minimum Gasteiger partial charge on any atom is -0.483 e. The van der Waals surface area contributed by atoms with Crippen LogP contribution < -0.4 is 15.4 Å². The molecule has 28 heavy (non-hydrogen) atoms. The molecular formula is C22H27FN2O3. The van der Waals surface area contributed by atoms with Gasteiger partial charge in [0.2, 0.25) is 0 Å². The van der Waals surface area contributed by atoms with Crippen LogP contribution in [-0.2, 0) is 4.79 Å². The molecule has 0 fully saturated rings. The number of amides is 2. The van der Waals surface area contributed by atoms with Gasteiger partial charge in [-0.05, 0) is 49.1 Å². The predicted molar refractivity (Wildman–Crippen MR) is 107 cm³/mol. The highest BCUT2D eigenvalue weighted by atomic mass is 19.1. The van der Waals surface area contributed by atoms with Gasteiger partial charge in [0.1, 0.15) is 11.6 Å². The Labute approximate surface area is 165 Å². The molecular weight excluding hydrogens is 359 g/mol. The first-order chi connectivity index (χ1) is 13.3. The van der Waals surface area contributed by atoms with Gasteiger partial charge in [-0.15, -0.1) is 0 Å². The lowest BCUT2D eigenvalue weighted by molar-refractivity contribution is -0.124. The molecule has 0 aliphatic heterocycles. The van der Waals surface area contributed by atoms with E-state index in [1.807, 2.05) is 33.8 Å². The Morgan fingerprint density at radius 2 is 1.79 bits per heavy atom. The molecule has 5 nitrogen and oxygen atoms in total. The lowest BCUT2D eigenvalue weighted by atomic mass is 9.96. The van der Waals surface area contributed by atoms with E-state index in [0.717, 1.165) is 11.1 Å². The first-order valence-corrected chi connectivity index (χ1v) is 9.39. The number of hydrogen-bond donors (Lipinski definition) is 2. The van der Waals surface area contributed by atoms with Gasteiger partial charge in [0.25, 0.3) is 11.8 Å². The molecule has 0 saturated carbocycles. The van der Waals surface area contributed by atoms with E-state index in [4.69, 9.17) is 4.74 Å². The molecule has 0 aliphatic rings. The average molecular weight is 386 g/mol. The maximum Gasteiger partial charge on any atom is 0.258 e. The van der Waals surface area contributed by atoms with Crippen molar-refractivity contribution in [2.75, 3.05) is 13.2 Å². The van der Waals surface area contributed by atoms with E-state index in [-0.39, 0.29) is 36.2 Å². The fraction of sp³-hybridized carbons (Fsp3) is 0.364. The number of carbonyl (C=O) groups excluding carboxylic acids is 2. The van der Waals surface area contributed by atoms with Crippen LogP contribution in [0.4, 0.5) is 4.39 Å². The van der Waals surface area contributed by atoms with E-state index in [1.165, 1.54) is 12.1 Å². The molecule has 2 rings (SSSR count). The fourth-order valence-corrected chi connectivity index (χ4v) is 2.94. The molecule has 0 heterocycles. The van der Waals surface area contributed by atoms with Crippen LogP contribution in [0.5, 0.6) is 5.75 Å². The third-order valence-electron chi connectivity index (χ3n) is 4.35. The van der Waals surface area contributed by atoms with Crippen LogP contribution >= 0.6 is 0 Å². The van der Waals surface area contributed by atoms with Crippen molar-refractivity contribution in [2.24, 2.45) is 5.92 Å². The summed E-state index contributed by atoms with van der Waals surface area (Å²) < 4.78 is 18.9. The van der Waals surface area contributed by atoms with Crippen molar-refractivity contribution in [3.8, 4) is 5.75 Å². The largest absolute Gasteiger partial charge is 0.483 e. The Morgan fingerprint density at radius 1 is 1.11 bits per heavy atom. The predicted octanol–water partition coefficient (Wildman–Crippen LogP) is 3.78. The van der Waals surface area contributed by atoms with E-state index in [9.17, 15) is 14.0 Å². The molecule has 2 aromatic rings. The number of rotatable bonds is 8. The Balaban J connectivity index is 2.09. The van der Waals surface area contributed by atoms with Crippen molar-refractivity contribution < 1.29 is 18.7 Å². The van der Waals surface area contributed by atoms with Gasteiger partial charge < -0.3 is 15.4 Å². The number of para-hydroxylation sites is 1. The summed E-state index contributed by atoms with van der Waals surface area (Å²) in [5.41, 5.74) is 1.99. The van der Waals surface area contributed by atoms with Crippen LogP contribution in [0, 0.1) is 18.7 Å². The number of carbonyl (C=O) groups is 2. The van der Waals surface area contributed by atoms with Gasteiger partial charge in [0.05, 0.1) is 11.6 Å². The van der Waals surface area contributed by atoms with Gasteiger partial charge in [-0.3, -0.25) is 9.59 Å². The molecule has 0 aliphatic carbocycles. The number of ether oxygens (including phenoxy) is 1. The van der Waals surface area contributed by atoms with Gasteiger partial charge in [-0.25, -0.2) is 4.39 Å². The number of aryl methyl sites for hydroxylation is 1. The van der Waals surface area contributed by atoms with Gasteiger partial charge in [-0.1, -0.05) is 38.1 Å². The SMILES string of the molecule is CCNC(=O)c1cccc(C)c1OCC(=O)NC(c1ccc(F)cc1)C(C)C. The third kappa shape index (κ3) is 5.55. The summed E-state index contributed by atoms with van der Waals surface area (Å²) >= 11 is 0. The second kappa shape index (κ2) is 9.88. The van der Waals surface area contributed by atoms with Crippen molar-refractivity contribution in [2.45, 2.75) is 33.7 Å². The zero-order valence-corrected chi connectivity index (χ0v) is 16.7. The van der Waals surface area contributed by atoms with Crippen LogP contribution in [0.1, 0.15) is 48.3 Å². The lowest BCUT2D eigenvalue weighted by Gasteiger charge is -2.23. The molecule has 6 heteroatoms. The fourth-order valence-electron chi connectivity index (χ4n) is 2.94. The van der Waals surface area contributed by atoms with Crippen LogP contribution in [0.15, 0.2) is 42.5 Å². The van der Waals surface area contributed by atoms with E-state index < -0.39 is 0 Å². The lowest BCUT2D eigenvalue weighted by Crippen LogP contribution is -2.35. The smallest absolute Gasteiger partial charge is 0.258 e. The van der Waals surface area contributed by atoms with Crippen molar-refractivity contribution in [3.05, 3.63) is 65.0 Å². The zero-order chi connectivity index (χ0) is 20.7. The van der Waals surface area contributed by atoms with Gasteiger partial charge >= 0.3 is 0 Å². The minimum atomic E-state index is -0.321. The minimum absolute atomic E-state index is 0.110. The molecule has 1 atom stereocenters. The summed E-state index contributed by atoms with van der Waals surface area (Å²) in [4.78, 5) is 24.7. The number of hydrogen-bond acceptors (Lipinski definition) is 3. The molecule has 2 amide bonds. The van der Waals surface area contributed by atoms with Crippen LogP contribution in [0.2, 0.25) is 0 Å². The molecule has 0 radical (unpaired) electrons. The van der Waals surface area contributed by atoms with Crippen LogP contribution in [0.25, 0.3) is 0 Å². The van der Waals surface area contributed by atoms with Crippen LogP contribution in [-0.4, -0.2) is 25.0 Å². The van der Waals surface area contributed by atoms with Crippen molar-refractivity contribution in [3.63, 3.8) is 0 Å². The average Bonchev–Trinajstić information content (AvgIpc) is 2.65. The van der Waals surface area contributed by atoms with E-state index in [2.05, 4.69) is 10.6 Å². The highest BCUT2D eigenvalue weighted by Gasteiger charge is 2.20. The summed E-state index contributed by atoms with van der Waals surface area (Å²) in [6.45, 7) is 7.89. The van der Waals surface area contributed by atoms with Crippen molar-refractivity contribution in [1.82, 2.24) is 10.6 Å². The van der Waals surface area contributed by atoms with Crippen molar-refractivity contribution >= 4 is 11.8 Å². The van der Waals surface area contributed by atoms with Crippen LogP contribution in [0.3, 0.4) is 0 Å². The topological polar surface area (TPSA) is 67.4 Å². The summed E-state index contributed by atoms with van der Waals surface area (Å²) in [6.07, 6.45) is 0. The summed E-state index contributed by atoms with van der Waals surface area (Å²) in [7, 11) is 0. The van der Waals surface area contributed by atoms with Gasteiger partial charge in [0, 0.05) is 6.54 Å².